The number of hydrogen-bond donors (Lipinski definition) is 1. The van der Waals surface area contributed by atoms with Crippen LogP contribution in [0.1, 0.15) is 28.8 Å². The first-order valence-corrected chi connectivity index (χ1v) is 7.56. The number of ether oxygens (including phenoxy) is 2. The number of rotatable bonds is 3. The molecule has 3 rings (SSSR count). The van der Waals surface area contributed by atoms with Crippen molar-refractivity contribution in [3.8, 4) is 17.6 Å². The van der Waals surface area contributed by atoms with Gasteiger partial charge < -0.3 is 14.8 Å². The molecule has 0 saturated carbocycles. The van der Waals surface area contributed by atoms with Gasteiger partial charge in [0.15, 0.2) is 17.3 Å². The maximum atomic E-state index is 9.35. The van der Waals surface area contributed by atoms with Crippen molar-refractivity contribution in [1.29, 1.82) is 5.26 Å². The van der Waals surface area contributed by atoms with Gasteiger partial charge >= 0.3 is 0 Å². The fourth-order valence-electron chi connectivity index (χ4n) is 2.44. The molecule has 0 fully saturated rings. The topological polar surface area (TPSA) is 80.1 Å². The average Bonchev–Trinajstić information content (AvgIpc) is 2.81. The standard InChI is InChI=1S/C17H18N4O2/c1-11-12(2)20-21-17(14(11)9-18)19-10-13-5-3-6-15-16(13)23-8-4-7-22-15/h3,5-6H,4,7-8,10H2,1-2H3,(H,19,21). The largest absolute Gasteiger partial charge is 0.490 e. The monoisotopic (exact) mass is 310 g/mol. The Balaban J connectivity index is 1.85. The van der Waals surface area contributed by atoms with Gasteiger partial charge in [-0.25, -0.2) is 0 Å². The van der Waals surface area contributed by atoms with Gasteiger partial charge in [-0.05, 0) is 25.5 Å². The summed E-state index contributed by atoms with van der Waals surface area (Å²) in [7, 11) is 0. The number of benzene rings is 1. The Morgan fingerprint density at radius 1 is 1.22 bits per heavy atom. The van der Waals surface area contributed by atoms with E-state index in [1.807, 2.05) is 32.0 Å². The van der Waals surface area contributed by atoms with Crippen LogP contribution in [0.25, 0.3) is 0 Å². The fourth-order valence-corrected chi connectivity index (χ4v) is 2.44. The number of fused-ring (bicyclic) bond motifs is 1. The van der Waals surface area contributed by atoms with Crippen molar-refractivity contribution >= 4 is 5.82 Å². The molecule has 118 valence electrons. The molecular weight excluding hydrogens is 292 g/mol. The minimum atomic E-state index is 0.485. The molecule has 1 aliphatic rings. The molecule has 1 aromatic carbocycles. The van der Waals surface area contributed by atoms with Gasteiger partial charge in [-0.2, -0.15) is 10.4 Å². The Hall–Kier alpha value is -2.81. The van der Waals surface area contributed by atoms with Crippen LogP contribution < -0.4 is 14.8 Å². The summed E-state index contributed by atoms with van der Waals surface area (Å²) in [5, 5.41) is 20.7. The molecule has 0 amide bonds. The normalized spacial score (nSPS) is 13.1. The van der Waals surface area contributed by atoms with Crippen molar-refractivity contribution in [3.05, 3.63) is 40.6 Å². The second-order valence-corrected chi connectivity index (χ2v) is 5.39. The van der Waals surface area contributed by atoms with Crippen molar-refractivity contribution in [3.63, 3.8) is 0 Å². The van der Waals surface area contributed by atoms with E-state index in [2.05, 4.69) is 21.6 Å². The molecule has 23 heavy (non-hydrogen) atoms. The maximum absolute atomic E-state index is 9.35. The molecule has 6 nitrogen and oxygen atoms in total. The summed E-state index contributed by atoms with van der Waals surface area (Å²) in [5.41, 5.74) is 3.10. The van der Waals surface area contributed by atoms with Crippen LogP contribution in [-0.2, 0) is 6.54 Å². The first kappa shape index (κ1) is 15.1. The van der Waals surface area contributed by atoms with Crippen LogP contribution >= 0.6 is 0 Å². The summed E-state index contributed by atoms with van der Waals surface area (Å²) in [6.07, 6.45) is 0.864. The molecule has 1 N–H and O–H groups in total. The number of aromatic nitrogens is 2. The Morgan fingerprint density at radius 3 is 2.87 bits per heavy atom. The Kier molecular flexibility index (Phi) is 4.29. The van der Waals surface area contributed by atoms with Crippen molar-refractivity contribution in [2.45, 2.75) is 26.8 Å². The van der Waals surface area contributed by atoms with E-state index < -0.39 is 0 Å². The fraction of sp³-hybridized carbons (Fsp3) is 0.353. The lowest BCUT2D eigenvalue weighted by Crippen LogP contribution is -2.08. The quantitative estimate of drug-likeness (QED) is 0.939. The summed E-state index contributed by atoms with van der Waals surface area (Å²) in [6, 6.07) is 8.00. The van der Waals surface area contributed by atoms with Crippen LogP contribution in [0.2, 0.25) is 0 Å². The summed E-state index contributed by atoms with van der Waals surface area (Å²) < 4.78 is 11.5. The van der Waals surface area contributed by atoms with Gasteiger partial charge in [0.1, 0.15) is 11.6 Å². The molecule has 0 bridgehead atoms. The molecule has 1 aliphatic heterocycles. The summed E-state index contributed by atoms with van der Waals surface area (Å²) in [6.45, 7) is 5.49. The predicted molar refractivity (Wildman–Crippen MR) is 85.6 cm³/mol. The van der Waals surface area contributed by atoms with Crippen molar-refractivity contribution in [1.82, 2.24) is 10.2 Å². The van der Waals surface area contributed by atoms with E-state index in [0.717, 1.165) is 34.7 Å². The number of anilines is 1. The van der Waals surface area contributed by atoms with Gasteiger partial charge in [-0.3, -0.25) is 0 Å². The molecule has 0 saturated heterocycles. The first-order valence-electron chi connectivity index (χ1n) is 7.56. The van der Waals surface area contributed by atoms with Gasteiger partial charge in [0.25, 0.3) is 0 Å². The smallest absolute Gasteiger partial charge is 0.167 e. The van der Waals surface area contributed by atoms with Gasteiger partial charge in [-0.15, -0.1) is 5.10 Å². The highest BCUT2D eigenvalue weighted by Gasteiger charge is 2.16. The van der Waals surface area contributed by atoms with E-state index >= 15 is 0 Å². The minimum absolute atomic E-state index is 0.485. The van der Waals surface area contributed by atoms with Crippen LogP contribution in [0.3, 0.4) is 0 Å². The predicted octanol–water partition coefficient (Wildman–Crippen LogP) is 2.74. The van der Waals surface area contributed by atoms with Gasteiger partial charge in [0.2, 0.25) is 0 Å². The second-order valence-electron chi connectivity index (χ2n) is 5.39. The number of nitrogens with zero attached hydrogens (tertiary/aromatic N) is 3. The number of nitriles is 1. The summed E-state index contributed by atoms with van der Waals surface area (Å²) in [5.74, 6) is 2.00. The number of nitrogens with one attached hydrogen (secondary N) is 1. The van der Waals surface area contributed by atoms with E-state index in [9.17, 15) is 5.26 Å². The van der Waals surface area contributed by atoms with Crippen LogP contribution in [0.4, 0.5) is 5.82 Å². The number of aryl methyl sites for hydroxylation is 1. The average molecular weight is 310 g/mol. The molecule has 0 aliphatic carbocycles. The lowest BCUT2D eigenvalue weighted by molar-refractivity contribution is 0.296. The Morgan fingerprint density at radius 2 is 2.04 bits per heavy atom. The zero-order chi connectivity index (χ0) is 16.2. The maximum Gasteiger partial charge on any atom is 0.167 e. The zero-order valence-corrected chi connectivity index (χ0v) is 13.2. The molecule has 2 aromatic rings. The third kappa shape index (κ3) is 3.04. The van der Waals surface area contributed by atoms with Gasteiger partial charge in [0.05, 0.1) is 18.9 Å². The zero-order valence-electron chi connectivity index (χ0n) is 13.2. The van der Waals surface area contributed by atoms with Gasteiger partial charge in [-0.1, -0.05) is 12.1 Å². The molecular formula is C17H18N4O2. The van der Waals surface area contributed by atoms with Crippen molar-refractivity contribution in [2.24, 2.45) is 0 Å². The van der Waals surface area contributed by atoms with E-state index in [4.69, 9.17) is 9.47 Å². The van der Waals surface area contributed by atoms with Crippen LogP contribution in [0.15, 0.2) is 18.2 Å². The molecule has 2 heterocycles. The van der Waals surface area contributed by atoms with Gasteiger partial charge in [0, 0.05) is 18.5 Å². The van der Waals surface area contributed by atoms with Crippen LogP contribution in [0.5, 0.6) is 11.5 Å². The summed E-state index contributed by atoms with van der Waals surface area (Å²) in [4.78, 5) is 0. The molecule has 0 spiro atoms. The van der Waals surface area contributed by atoms with Crippen LogP contribution in [-0.4, -0.2) is 23.4 Å². The van der Waals surface area contributed by atoms with E-state index in [0.29, 0.717) is 31.1 Å². The van der Waals surface area contributed by atoms with E-state index in [-0.39, 0.29) is 0 Å². The third-order valence-corrected chi connectivity index (χ3v) is 3.87. The molecule has 6 heteroatoms. The molecule has 0 radical (unpaired) electrons. The minimum Gasteiger partial charge on any atom is -0.490 e. The third-order valence-electron chi connectivity index (χ3n) is 3.87. The highest BCUT2D eigenvalue weighted by molar-refractivity contribution is 5.57. The highest BCUT2D eigenvalue weighted by Crippen LogP contribution is 2.33. The second kappa shape index (κ2) is 6.53. The van der Waals surface area contributed by atoms with Crippen LogP contribution in [0, 0.1) is 25.2 Å². The molecule has 0 unspecified atom stereocenters. The lowest BCUT2D eigenvalue weighted by atomic mass is 10.1. The summed E-state index contributed by atoms with van der Waals surface area (Å²) >= 11 is 0. The number of para-hydroxylation sites is 1. The molecule has 1 aromatic heterocycles. The molecule has 0 atom stereocenters. The van der Waals surface area contributed by atoms with Crippen molar-refractivity contribution in [2.75, 3.05) is 18.5 Å². The highest BCUT2D eigenvalue weighted by atomic mass is 16.5. The van der Waals surface area contributed by atoms with E-state index in [1.165, 1.54) is 0 Å². The van der Waals surface area contributed by atoms with E-state index in [1.54, 1.807) is 0 Å². The Bertz CT molecular complexity index is 768. The number of hydrogen-bond acceptors (Lipinski definition) is 6. The lowest BCUT2D eigenvalue weighted by Gasteiger charge is -2.14. The SMILES string of the molecule is Cc1nnc(NCc2cccc3c2OCCCO3)c(C#N)c1C. The Labute approximate surface area is 135 Å². The van der Waals surface area contributed by atoms with Crippen molar-refractivity contribution < 1.29 is 9.47 Å². The first-order chi connectivity index (χ1) is 11.2.